The summed E-state index contributed by atoms with van der Waals surface area (Å²) >= 11 is 7.22. The van der Waals surface area contributed by atoms with Gasteiger partial charge in [-0.15, -0.1) is 10.2 Å². The van der Waals surface area contributed by atoms with E-state index in [0.29, 0.717) is 27.6 Å². The SMILES string of the molecule is CN(C(=O)CSc1nnc(-c2ccco2)o1)c1ccc(Cl)cc1C(=O)c1ccccc1. The topological polar surface area (TPSA) is 89.4 Å². The first-order chi connectivity index (χ1) is 15.0. The quantitative estimate of drug-likeness (QED) is 0.288. The van der Waals surface area contributed by atoms with Crippen LogP contribution in [0, 0.1) is 0 Å². The van der Waals surface area contributed by atoms with Crippen molar-refractivity contribution in [1.82, 2.24) is 10.2 Å². The molecule has 156 valence electrons. The van der Waals surface area contributed by atoms with Crippen LogP contribution >= 0.6 is 23.4 Å². The Balaban J connectivity index is 1.49. The Morgan fingerprint density at radius 2 is 1.87 bits per heavy atom. The van der Waals surface area contributed by atoms with Crippen molar-refractivity contribution in [2.24, 2.45) is 0 Å². The fourth-order valence-corrected chi connectivity index (χ4v) is 3.70. The summed E-state index contributed by atoms with van der Waals surface area (Å²) in [6.45, 7) is 0. The number of halogens is 1. The third kappa shape index (κ3) is 4.70. The zero-order valence-corrected chi connectivity index (χ0v) is 17.9. The minimum atomic E-state index is -0.243. The summed E-state index contributed by atoms with van der Waals surface area (Å²) in [6, 6.07) is 17.1. The van der Waals surface area contributed by atoms with E-state index in [1.165, 1.54) is 11.2 Å². The van der Waals surface area contributed by atoms with Gasteiger partial charge in [-0.2, -0.15) is 0 Å². The Kier molecular flexibility index (Phi) is 6.20. The number of benzene rings is 2. The number of hydrogen-bond acceptors (Lipinski definition) is 7. The summed E-state index contributed by atoms with van der Waals surface area (Å²) in [5.41, 5.74) is 1.32. The fourth-order valence-electron chi connectivity index (χ4n) is 2.85. The molecule has 1 amide bonds. The summed E-state index contributed by atoms with van der Waals surface area (Å²) in [6.07, 6.45) is 1.51. The van der Waals surface area contributed by atoms with Gasteiger partial charge in [0.15, 0.2) is 11.5 Å². The van der Waals surface area contributed by atoms with E-state index in [2.05, 4.69) is 10.2 Å². The predicted molar refractivity (Wildman–Crippen MR) is 117 cm³/mol. The molecule has 0 atom stereocenters. The maximum atomic E-state index is 13.0. The van der Waals surface area contributed by atoms with Crippen LogP contribution in [-0.2, 0) is 4.79 Å². The molecular formula is C22H16ClN3O4S. The van der Waals surface area contributed by atoms with Gasteiger partial charge in [-0.05, 0) is 30.3 Å². The molecule has 0 spiro atoms. The second-order valence-electron chi connectivity index (χ2n) is 6.45. The number of carbonyl (C=O) groups is 2. The number of carbonyl (C=O) groups excluding carboxylic acids is 2. The van der Waals surface area contributed by atoms with Crippen LogP contribution in [0.25, 0.3) is 11.7 Å². The van der Waals surface area contributed by atoms with Crippen molar-refractivity contribution in [3.8, 4) is 11.7 Å². The van der Waals surface area contributed by atoms with Crippen molar-refractivity contribution in [3.63, 3.8) is 0 Å². The highest BCUT2D eigenvalue weighted by Gasteiger charge is 2.21. The summed E-state index contributed by atoms with van der Waals surface area (Å²) in [5.74, 6) is 0.269. The third-order valence-electron chi connectivity index (χ3n) is 4.43. The van der Waals surface area contributed by atoms with Crippen molar-refractivity contribution in [2.45, 2.75) is 5.22 Å². The molecule has 0 aliphatic heterocycles. The number of thioether (sulfide) groups is 1. The van der Waals surface area contributed by atoms with Crippen molar-refractivity contribution < 1.29 is 18.4 Å². The zero-order chi connectivity index (χ0) is 21.8. The molecule has 4 rings (SSSR count). The molecular weight excluding hydrogens is 438 g/mol. The molecule has 0 saturated heterocycles. The third-order valence-corrected chi connectivity index (χ3v) is 5.47. The van der Waals surface area contributed by atoms with Crippen molar-refractivity contribution >= 4 is 40.7 Å². The van der Waals surface area contributed by atoms with Gasteiger partial charge >= 0.3 is 0 Å². The van der Waals surface area contributed by atoms with E-state index in [-0.39, 0.29) is 28.6 Å². The number of anilines is 1. The molecule has 2 aromatic heterocycles. The lowest BCUT2D eigenvalue weighted by molar-refractivity contribution is -0.115. The van der Waals surface area contributed by atoms with Gasteiger partial charge in [0.2, 0.25) is 5.91 Å². The molecule has 2 heterocycles. The van der Waals surface area contributed by atoms with Crippen LogP contribution in [0.1, 0.15) is 15.9 Å². The number of ketones is 1. The second kappa shape index (κ2) is 9.20. The number of hydrogen-bond donors (Lipinski definition) is 0. The average Bonchev–Trinajstić information content (AvgIpc) is 3.49. The van der Waals surface area contributed by atoms with E-state index in [1.54, 1.807) is 61.6 Å². The first kappa shape index (κ1) is 20.9. The molecule has 0 N–H and O–H groups in total. The maximum Gasteiger partial charge on any atom is 0.284 e. The molecule has 0 bridgehead atoms. The van der Waals surface area contributed by atoms with Crippen LogP contribution in [0.3, 0.4) is 0 Å². The number of amides is 1. The summed E-state index contributed by atoms with van der Waals surface area (Å²) in [5, 5.41) is 8.47. The van der Waals surface area contributed by atoms with Gasteiger partial charge in [0, 0.05) is 23.2 Å². The van der Waals surface area contributed by atoms with Gasteiger partial charge < -0.3 is 13.7 Å². The summed E-state index contributed by atoms with van der Waals surface area (Å²) in [4.78, 5) is 27.2. The van der Waals surface area contributed by atoms with Crippen LogP contribution in [0.15, 0.2) is 81.0 Å². The molecule has 0 radical (unpaired) electrons. The second-order valence-corrected chi connectivity index (χ2v) is 7.81. The molecule has 0 fully saturated rings. The fraction of sp³-hybridized carbons (Fsp3) is 0.0909. The Labute approximate surface area is 187 Å². The average molecular weight is 454 g/mol. The maximum absolute atomic E-state index is 13.0. The minimum Gasteiger partial charge on any atom is -0.459 e. The molecule has 31 heavy (non-hydrogen) atoms. The Bertz CT molecular complexity index is 1210. The molecule has 0 aliphatic rings. The number of rotatable bonds is 7. The molecule has 2 aromatic carbocycles. The lowest BCUT2D eigenvalue weighted by atomic mass is 10.0. The highest BCUT2D eigenvalue weighted by atomic mass is 35.5. The van der Waals surface area contributed by atoms with Crippen molar-refractivity contribution in [1.29, 1.82) is 0 Å². The van der Waals surface area contributed by atoms with E-state index in [1.807, 2.05) is 6.07 Å². The Morgan fingerprint density at radius 1 is 1.06 bits per heavy atom. The zero-order valence-electron chi connectivity index (χ0n) is 16.3. The van der Waals surface area contributed by atoms with E-state index >= 15 is 0 Å². The van der Waals surface area contributed by atoms with Crippen molar-refractivity contribution in [3.05, 3.63) is 83.1 Å². The van der Waals surface area contributed by atoms with Gasteiger partial charge in [0.05, 0.1) is 17.7 Å². The van der Waals surface area contributed by atoms with Crippen LogP contribution in [0.2, 0.25) is 5.02 Å². The molecule has 0 unspecified atom stereocenters. The smallest absolute Gasteiger partial charge is 0.284 e. The van der Waals surface area contributed by atoms with E-state index in [4.69, 9.17) is 20.4 Å². The van der Waals surface area contributed by atoms with E-state index < -0.39 is 0 Å². The van der Waals surface area contributed by atoms with Crippen LogP contribution < -0.4 is 4.90 Å². The highest BCUT2D eigenvalue weighted by Crippen LogP contribution is 2.28. The van der Waals surface area contributed by atoms with Crippen LogP contribution in [0.5, 0.6) is 0 Å². The number of furan rings is 1. The lowest BCUT2D eigenvalue weighted by Crippen LogP contribution is -2.29. The largest absolute Gasteiger partial charge is 0.459 e. The van der Waals surface area contributed by atoms with Gasteiger partial charge in [-0.1, -0.05) is 53.7 Å². The van der Waals surface area contributed by atoms with E-state index in [9.17, 15) is 9.59 Å². The normalized spacial score (nSPS) is 10.8. The number of nitrogens with zero attached hydrogens (tertiary/aromatic N) is 3. The Hall–Kier alpha value is -3.36. The standard InChI is InChI=1S/C22H16ClN3O4S/c1-26(19(27)13-31-22-25-24-21(30-22)18-8-5-11-29-18)17-10-9-15(23)12-16(17)20(28)14-6-3-2-4-7-14/h2-12H,13H2,1H3. The van der Waals surface area contributed by atoms with Crippen LogP contribution in [-0.4, -0.2) is 34.7 Å². The monoisotopic (exact) mass is 453 g/mol. The molecule has 0 aliphatic carbocycles. The molecule has 4 aromatic rings. The summed E-state index contributed by atoms with van der Waals surface area (Å²) in [7, 11) is 1.61. The predicted octanol–water partition coefficient (Wildman–Crippen LogP) is 4.97. The van der Waals surface area contributed by atoms with Crippen molar-refractivity contribution in [2.75, 3.05) is 17.7 Å². The van der Waals surface area contributed by atoms with Gasteiger partial charge in [-0.3, -0.25) is 9.59 Å². The van der Waals surface area contributed by atoms with Crippen LogP contribution in [0.4, 0.5) is 5.69 Å². The van der Waals surface area contributed by atoms with E-state index in [0.717, 1.165) is 11.8 Å². The first-order valence-corrected chi connectivity index (χ1v) is 10.6. The first-order valence-electron chi connectivity index (χ1n) is 9.19. The summed E-state index contributed by atoms with van der Waals surface area (Å²) < 4.78 is 10.7. The molecule has 0 saturated carbocycles. The molecule has 9 heteroatoms. The van der Waals surface area contributed by atoms with Gasteiger partial charge in [-0.25, -0.2) is 0 Å². The molecule has 7 nitrogen and oxygen atoms in total. The van der Waals surface area contributed by atoms with Gasteiger partial charge in [0.1, 0.15) is 0 Å². The lowest BCUT2D eigenvalue weighted by Gasteiger charge is -2.20. The van der Waals surface area contributed by atoms with Gasteiger partial charge in [0.25, 0.3) is 11.1 Å². The highest BCUT2D eigenvalue weighted by molar-refractivity contribution is 7.99. The minimum absolute atomic E-state index is 0.0396. The Morgan fingerprint density at radius 3 is 2.61 bits per heavy atom. The number of aromatic nitrogens is 2.